The van der Waals surface area contributed by atoms with Crippen LogP contribution in [0.2, 0.25) is 0 Å². The fourth-order valence-corrected chi connectivity index (χ4v) is 6.21. The van der Waals surface area contributed by atoms with E-state index in [1.807, 2.05) is 43.3 Å². The van der Waals surface area contributed by atoms with Crippen molar-refractivity contribution in [1.82, 2.24) is 25.2 Å². The number of fused-ring (bicyclic) bond motifs is 2. The summed E-state index contributed by atoms with van der Waals surface area (Å²) < 4.78 is 34.1. The highest BCUT2D eigenvalue weighted by molar-refractivity contribution is 6.04. The van der Waals surface area contributed by atoms with E-state index in [1.165, 1.54) is 22.8 Å². The third-order valence-corrected chi connectivity index (χ3v) is 8.78. The van der Waals surface area contributed by atoms with Gasteiger partial charge in [0.25, 0.3) is 11.8 Å². The van der Waals surface area contributed by atoms with E-state index in [-0.39, 0.29) is 41.3 Å². The molecule has 12 heteroatoms. The van der Waals surface area contributed by atoms with Gasteiger partial charge in [-0.1, -0.05) is 42.5 Å². The van der Waals surface area contributed by atoms with Crippen LogP contribution in [0.4, 0.5) is 8.78 Å². The van der Waals surface area contributed by atoms with E-state index >= 15 is 0 Å². The number of rotatable bonds is 10. The maximum absolute atomic E-state index is 14.0. The second-order valence-electron chi connectivity index (χ2n) is 13.5. The lowest BCUT2D eigenvalue weighted by atomic mass is 9.97. The standard InChI is InChI=1S/C39H37F2N5O5/c1-22-25-14-16-31(27(25)13-12-26(22)38(50)51-39(2,3)4)45-37(49)33-19-32(36(48)42-20-24-10-15-29(40)30(41)18-24)44-35-28(21-43-46(33)35)34(47)17-11-23-8-6-5-7-9-23/h5-10,12-13,15,18-19,21,31H,11,14,16-17,20H2,1-4H3,(H,42,48)(H,45,49)/t31-/m0/s1. The van der Waals surface area contributed by atoms with E-state index < -0.39 is 41.1 Å². The number of amides is 2. The summed E-state index contributed by atoms with van der Waals surface area (Å²) in [7, 11) is 0. The first kappa shape index (κ1) is 35.1. The number of aryl methyl sites for hydroxylation is 1. The number of nitrogens with one attached hydrogen (secondary N) is 2. The van der Waals surface area contributed by atoms with Crippen LogP contribution < -0.4 is 10.6 Å². The van der Waals surface area contributed by atoms with Crippen molar-refractivity contribution in [3.05, 3.63) is 135 Å². The molecule has 0 unspecified atom stereocenters. The van der Waals surface area contributed by atoms with Gasteiger partial charge in [-0.15, -0.1) is 0 Å². The van der Waals surface area contributed by atoms with Gasteiger partial charge in [-0.3, -0.25) is 14.4 Å². The molecule has 1 aliphatic rings. The van der Waals surface area contributed by atoms with E-state index in [4.69, 9.17) is 4.74 Å². The molecule has 6 rings (SSSR count). The van der Waals surface area contributed by atoms with Crippen molar-refractivity contribution >= 4 is 29.2 Å². The van der Waals surface area contributed by atoms with Crippen LogP contribution in [0.15, 0.2) is 72.9 Å². The Balaban J connectivity index is 1.29. The molecular weight excluding hydrogens is 656 g/mol. The quantitative estimate of drug-likeness (QED) is 0.127. The van der Waals surface area contributed by atoms with Gasteiger partial charge in [0.1, 0.15) is 17.0 Å². The second kappa shape index (κ2) is 14.2. The number of hydrogen-bond donors (Lipinski definition) is 2. The number of carbonyl (C=O) groups excluding carboxylic acids is 4. The maximum Gasteiger partial charge on any atom is 0.338 e. The molecule has 0 bridgehead atoms. The predicted octanol–water partition coefficient (Wildman–Crippen LogP) is 6.43. The molecule has 0 aliphatic heterocycles. The van der Waals surface area contributed by atoms with Crippen LogP contribution in [-0.2, 0) is 24.1 Å². The largest absolute Gasteiger partial charge is 0.456 e. The Kier molecular flexibility index (Phi) is 9.77. The van der Waals surface area contributed by atoms with Crippen molar-refractivity contribution in [3.8, 4) is 0 Å². The van der Waals surface area contributed by atoms with Crippen molar-refractivity contribution in [2.75, 3.05) is 0 Å². The molecule has 5 aromatic rings. The average molecular weight is 694 g/mol. The Hall–Kier alpha value is -5.78. The molecule has 3 aromatic carbocycles. The van der Waals surface area contributed by atoms with Gasteiger partial charge in [0.05, 0.1) is 23.4 Å². The SMILES string of the molecule is Cc1c(C(=O)OC(C)(C)C)ccc2c1CC[C@@H]2NC(=O)c1cc(C(=O)NCc2ccc(F)c(F)c2)nc2c(C(=O)CCc3ccccc3)cnn12. The number of halogens is 2. The number of ether oxygens (including phenoxy) is 1. The Bertz CT molecular complexity index is 2170. The highest BCUT2D eigenvalue weighted by Crippen LogP contribution is 2.35. The van der Waals surface area contributed by atoms with Crippen LogP contribution in [0.25, 0.3) is 5.65 Å². The summed E-state index contributed by atoms with van der Waals surface area (Å²) >= 11 is 0. The van der Waals surface area contributed by atoms with Crippen LogP contribution in [-0.4, -0.2) is 43.8 Å². The number of hydrogen-bond acceptors (Lipinski definition) is 7. The van der Waals surface area contributed by atoms with Crippen LogP contribution in [0.3, 0.4) is 0 Å². The zero-order valence-corrected chi connectivity index (χ0v) is 28.7. The summed E-state index contributed by atoms with van der Waals surface area (Å²) in [5.74, 6) is -4.01. The van der Waals surface area contributed by atoms with Crippen molar-refractivity contribution < 1.29 is 32.7 Å². The Morgan fingerprint density at radius 3 is 2.41 bits per heavy atom. The van der Waals surface area contributed by atoms with Crippen molar-refractivity contribution in [2.45, 2.75) is 71.6 Å². The van der Waals surface area contributed by atoms with Crippen LogP contribution in [0.5, 0.6) is 0 Å². The molecule has 0 fully saturated rings. The average Bonchev–Trinajstić information content (AvgIpc) is 3.71. The molecule has 1 atom stereocenters. The molecule has 10 nitrogen and oxygen atoms in total. The van der Waals surface area contributed by atoms with Crippen LogP contribution in [0, 0.1) is 18.6 Å². The van der Waals surface area contributed by atoms with Gasteiger partial charge in [-0.05, 0) is 93.0 Å². The third kappa shape index (κ3) is 7.69. The Morgan fingerprint density at radius 1 is 0.922 bits per heavy atom. The smallest absolute Gasteiger partial charge is 0.338 e. The first-order valence-electron chi connectivity index (χ1n) is 16.6. The molecule has 51 heavy (non-hydrogen) atoms. The fraction of sp³-hybridized carbons (Fsp3) is 0.282. The van der Waals surface area contributed by atoms with Gasteiger partial charge in [-0.25, -0.2) is 23.1 Å². The van der Waals surface area contributed by atoms with E-state index in [0.29, 0.717) is 30.4 Å². The van der Waals surface area contributed by atoms with Gasteiger partial charge in [0, 0.05) is 19.0 Å². The van der Waals surface area contributed by atoms with E-state index in [0.717, 1.165) is 34.4 Å². The molecule has 0 spiro atoms. The number of esters is 1. The molecule has 262 valence electrons. The van der Waals surface area contributed by atoms with Gasteiger partial charge >= 0.3 is 5.97 Å². The van der Waals surface area contributed by atoms with E-state index in [9.17, 15) is 28.0 Å². The molecule has 2 amide bonds. The molecule has 0 saturated heterocycles. The van der Waals surface area contributed by atoms with Crippen LogP contribution in [0.1, 0.15) is 109 Å². The number of nitrogens with zero attached hydrogens (tertiary/aromatic N) is 3. The summed E-state index contributed by atoms with van der Waals surface area (Å²) in [6.07, 6.45) is 3.13. The Morgan fingerprint density at radius 2 is 1.69 bits per heavy atom. The maximum atomic E-state index is 14.0. The third-order valence-electron chi connectivity index (χ3n) is 8.78. The number of Topliss-reactive ketones (excluding diaryl/α,β-unsaturated/α-hetero) is 1. The van der Waals surface area contributed by atoms with E-state index in [2.05, 4.69) is 20.7 Å². The van der Waals surface area contributed by atoms with Crippen molar-refractivity contribution in [1.29, 1.82) is 0 Å². The normalized spacial score (nSPS) is 13.9. The lowest BCUT2D eigenvalue weighted by Crippen LogP contribution is -2.31. The summed E-state index contributed by atoms with van der Waals surface area (Å²) in [5.41, 5.74) is 3.67. The molecule has 2 heterocycles. The minimum Gasteiger partial charge on any atom is -0.456 e. The van der Waals surface area contributed by atoms with Gasteiger partial charge in [-0.2, -0.15) is 5.10 Å². The minimum atomic E-state index is -1.05. The topological polar surface area (TPSA) is 132 Å². The molecule has 0 radical (unpaired) electrons. The van der Waals surface area contributed by atoms with Crippen LogP contribution >= 0.6 is 0 Å². The minimum absolute atomic E-state index is 0.0309. The molecule has 1 aliphatic carbocycles. The highest BCUT2D eigenvalue weighted by atomic mass is 19.2. The van der Waals surface area contributed by atoms with E-state index in [1.54, 1.807) is 26.8 Å². The monoisotopic (exact) mass is 693 g/mol. The summed E-state index contributed by atoms with van der Waals surface area (Å²) in [5, 5.41) is 10.0. The zero-order valence-electron chi connectivity index (χ0n) is 28.7. The summed E-state index contributed by atoms with van der Waals surface area (Å²) in [4.78, 5) is 58.1. The Labute approximate surface area is 293 Å². The fourth-order valence-electron chi connectivity index (χ4n) is 6.21. The zero-order chi connectivity index (χ0) is 36.4. The summed E-state index contributed by atoms with van der Waals surface area (Å²) in [6, 6.07) is 17.2. The summed E-state index contributed by atoms with van der Waals surface area (Å²) in [6.45, 7) is 7.14. The number of ketones is 1. The van der Waals surface area contributed by atoms with Gasteiger partial charge in [0.15, 0.2) is 23.1 Å². The highest BCUT2D eigenvalue weighted by Gasteiger charge is 2.30. The molecule has 2 aromatic heterocycles. The molecule has 2 N–H and O–H groups in total. The van der Waals surface area contributed by atoms with Crippen molar-refractivity contribution in [2.24, 2.45) is 0 Å². The number of aromatic nitrogens is 3. The molecular formula is C39H37F2N5O5. The van der Waals surface area contributed by atoms with Gasteiger partial charge < -0.3 is 15.4 Å². The lowest BCUT2D eigenvalue weighted by Gasteiger charge is -2.21. The molecule has 0 saturated carbocycles. The predicted molar refractivity (Wildman–Crippen MR) is 184 cm³/mol. The van der Waals surface area contributed by atoms with Gasteiger partial charge in [0.2, 0.25) is 0 Å². The lowest BCUT2D eigenvalue weighted by molar-refractivity contribution is 0.00682. The first-order chi connectivity index (χ1) is 24.3. The first-order valence-corrected chi connectivity index (χ1v) is 16.6. The second-order valence-corrected chi connectivity index (χ2v) is 13.5. The number of benzene rings is 3. The van der Waals surface area contributed by atoms with Crippen molar-refractivity contribution in [3.63, 3.8) is 0 Å². The number of carbonyl (C=O) groups is 4.